The molecule has 3 unspecified atom stereocenters. The highest BCUT2D eigenvalue weighted by Gasteiger charge is 2.42. The molecule has 3 atom stereocenters. The van der Waals surface area contributed by atoms with E-state index < -0.39 is 23.5 Å². The van der Waals surface area contributed by atoms with Gasteiger partial charge < -0.3 is 30.5 Å². The van der Waals surface area contributed by atoms with E-state index >= 15 is 0 Å². The smallest absolute Gasteiger partial charge is 0.247 e. The van der Waals surface area contributed by atoms with Crippen LogP contribution in [0.4, 0.5) is 11.5 Å². The first-order chi connectivity index (χ1) is 19.0. The van der Waals surface area contributed by atoms with Gasteiger partial charge in [0, 0.05) is 31.1 Å². The Labute approximate surface area is 248 Å². The molecule has 2 fully saturated rings. The van der Waals surface area contributed by atoms with Crippen molar-refractivity contribution in [3.05, 3.63) is 18.5 Å². The SMILES string of the molecule is CNC(C)C(=O)NC(C(=O)N1CCCC1C(=O)Nc1cc2c(N3CCCCC3)ncnc2cc1OC)C(C)(C)C.Cl. The summed E-state index contributed by atoms with van der Waals surface area (Å²) < 4.78 is 5.61. The minimum atomic E-state index is -0.774. The standard InChI is InChI=1S/C29H43N7O4.ClH/c1-18(30-5)26(37)34-24(29(2,3)4)28(39)36-14-10-11-22(36)27(38)33-21-15-19-20(16-23(21)40-6)31-17-32-25(19)35-12-8-7-9-13-35;/h15-18,22,24,30H,7-14H2,1-6H3,(H,33,38)(H,34,37);1H. The van der Waals surface area contributed by atoms with Gasteiger partial charge in [0.1, 0.15) is 30.0 Å². The molecule has 3 amide bonds. The number of aromatic nitrogens is 2. The van der Waals surface area contributed by atoms with Crippen LogP contribution in [-0.2, 0) is 14.4 Å². The topological polar surface area (TPSA) is 129 Å². The van der Waals surface area contributed by atoms with Gasteiger partial charge in [0.15, 0.2) is 0 Å². The molecule has 0 spiro atoms. The zero-order chi connectivity index (χ0) is 29.0. The Hall–Kier alpha value is -3.18. The molecular weight excluding hydrogens is 546 g/mol. The number of carbonyl (C=O) groups excluding carboxylic acids is 3. The van der Waals surface area contributed by atoms with Gasteiger partial charge in [-0.3, -0.25) is 14.4 Å². The van der Waals surface area contributed by atoms with E-state index in [1.165, 1.54) is 6.42 Å². The number of piperidine rings is 1. The second-order valence-corrected chi connectivity index (χ2v) is 11.8. The third-order valence-electron chi connectivity index (χ3n) is 7.91. The monoisotopic (exact) mass is 589 g/mol. The minimum Gasteiger partial charge on any atom is -0.494 e. The zero-order valence-electron chi connectivity index (χ0n) is 25.0. The van der Waals surface area contributed by atoms with Crippen LogP contribution in [0.3, 0.4) is 0 Å². The number of nitrogens with one attached hydrogen (secondary N) is 3. The van der Waals surface area contributed by atoms with Crippen molar-refractivity contribution >= 4 is 52.5 Å². The summed E-state index contributed by atoms with van der Waals surface area (Å²) in [5.74, 6) is 0.528. The molecule has 12 heteroatoms. The number of rotatable bonds is 8. The molecule has 0 saturated carbocycles. The van der Waals surface area contributed by atoms with Gasteiger partial charge in [0.2, 0.25) is 17.7 Å². The first kappa shape index (κ1) is 32.3. The molecule has 4 rings (SSSR count). The Morgan fingerprint density at radius 1 is 1.05 bits per heavy atom. The number of amides is 3. The molecule has 3 N–H and O–H groups in total. The van der Waals surface area contributed by atoms with E-state index in [-0.39, 0.29) is 30.1 Å². The molecule has 1 aromatic carbocycles. The number of hydrogen-bond acceptors (Lipinski definition) is 8. The highest BCUT2D eigenvalue weighted by atomic mass is 35.5. The van der Waals surface area contributed by atoms with E-state index in [4.69, 9.17) is 4.74 Å². The van der Waals surface area contributed by atoms with E-state index in [2.05, 4.69) is 30.8 Å². The molecule has 0 radical (unpaired) electrons. The molecule has 41 heavy (non-hydrogen) atoms. The fraction of sp³-hybridized carbons (Fsp3) is 0.621. The van der Waals surface area contributed by atoms with E-state index in [1.54, 1.807) is 32.3 Å². The van der Waals surface area contributed by atoms with E-state index in [1.807, 2.05) is 32.9 Å². The molecule has 0 aliphatic carbocycles. The number of benzene rings is 1. The Balaban J connectivity index is 0.00000462. The summed E-state index contributed by atoms with van der Waals surface area (Å²) in [4.78, 5) is 53.0. The molecule has 2 aliphatic heterocycles. The number of likely N-dealkylation sites (tertiary alicyclic amines) is 1. The van der Waals surface area contributed by atoms with Crippen molar-refractivity contribution in [1.82, 2.24) is 25.5 Å². The maximum absolute atomic E-state index is 13.8. The van der Waals surface area contributed by atoms with E-state index in [0.29, 0.717) is 30.8 Å². The first-order valence-electron chi connectivity index (χ1n) is 14.2. The van der Waals surface area contributed by atoms with Gasteiger partial charge in [-0.05, 0) is 57.6 Å². The number of halogens is 1. The van der Waals surface area contributed by atoms with Crippen molar-refractivity contribution < 1.29 is 19.1 Å². The number of nitrogens with zero attached hydrogens (tertiary/aromatic N) is 4. The number of anilines is 2. The van der Waals surface area contributed by atoms with Gasteiger partial charge in [-0.2, -0.15) is 0 Å². The number of carbonyl (C=O) groups is 3. The average molecular weight is 590 g/mol. The number of fused-ring (bicyclic) bond motifs is 1. The molecular formula is C29H44ClN7O4. The number of ether oxygens (including phenoxy) is 1. The Kier molecular flexibility index (Phi) is 10.8. The second-order valence-electron chi connectivity index (χ2n) is 11.8. The van der Waals surface area contributed by atoms with Gasteiger partial charge in [-0.15, -0.1) is 12.4 Å². The minimum absolute atomic E-state index is 0. The van der Waals surface area contributed by atoms with Crippen molar-refractivity contribution in [1.29, 1.82) is 0 Å². The van der Waals surface area contributed by atoms with E-state index in [0.717, 1.165) is 42.7 Å². The molecule has 2 aromatic rings. The van der Waals surface area contributed by atoms with Crippen LogP contribution in [0, 0.1) is 5.41 Å². The average Bonchev–Trinajstić information content (AvgIpc) is 3.44. The van der Waals surface area contributed by atoms with Crippen LogP contribution in [0.25, 0.3) is 10.9 Å². The zero-order valence-corrected chi connectivity index (χ0v) is 25.8. The van der Waals surface area contributed by atoms with Crippen LogP contribution < -0.4 is 25.6 Å². The summed E-state index contributed by atoms with van der Waals surface area (Å²) >= 11 is 0. The number of likely N-dealkylation sites (N-methyl/N-ethyl adjacent to an activating group) is 1. The van der Waals surface area contributed by atoms with Gasteiger partial charge in [-0.25, -0.2) is 9.97 Å². The Bertz CT molecular complexity index is 1250. The molecule has 0 bridgehead atoms. The lowest BCUT2D eigenvalue weighted by molar-refractivity contribution is -0.143. The predicted octanol–water partition coefficient (Wildman–Crippen LogP) is 3.12. The van der Waals surface area contributed by atoms with Crippen molar-refractivity contribution in [2.75, 3.05) is 44.0 Å². The largest absolute Gasteiger partial charge is 0.494 e. The van der Waals surface area contributed by atoms with Crippen LogP contribution in [-0.4, -0.2) is 84.5 Å². The molecule has 11 nitrogen and oxygen atoms in total. The lowest BCUT2D eigenvalue weighted by Gasteiger charge is -2.36. The summed E-state index contributed by atoms with van der Waals surface area (Å²) in [5, 5.41) is 9.68. The third kappa shape index (κ3) is 7.19. The predicted molar refractivity (Wildman–Crippen MR) is 163 cm³/mol. The molecule has 1 aromatic heterocycles. The maximum Gasteiger partial charge on any atom is 0.247 e. The van der Waals surface area contributed by atoms with Crippen molar-refractivity contribution in [3.63, 3.8) is 0 Å². The van der Waals surface area contributed by atoms with Gasteiger partial charge in [-0.1, -0.05) is 20.8 Å². The summed E-state index contributed by atoms with van der Waals surface area (Å²) in [7, 11) is 3.25. The summed E-state index contributed by atoms with van der Waals surface area (Å²) in [6.07, 6.45) is 6.23. The molecule has 2 aliphatic rings. The fourth-order valence-corrected chi connectivity index (χ4v) is 5.43. The maximum atomic E-state index is 13.8. The highest BCUT2D eigenvalue weighted by molar-refractivity contribution is 6.03. The first-order valence-corrected chi connectivity index (χ1v) is 14.2. The summed E-state index contributed by atoms with van der Waals surface area (Å²) in [6.45, 7) is 9.77. The molecule has 3 heterocycles. The van der Waals surface area contributed by atoms with Crippen molar-refractivity contribution in [3.8, 4) is 5.75 Å². The van der Waals surface area contributed by atoms with E-state index in [9.17, 15) is 14.4 Å². The van der Waals surface area contributed by atoms with Gasteiger partial charge in [0.05, 0.1) is 24.4 Å². The second kappa shape index (κ2) is 13.7. The normalized spacial score (nSPS) is 18.8. The summed E-state index contributed by atoms with van der Waals surface area (Å²) in [5.41, 5.74) is 0.703. The third-order valence-corrected chi connectivity index (χ3v) is 7.91. The Morgan fingerprint density at radius 2 is 1.76 bits per heavy atom. The Morgan fingerprint density at radius 3 is 2.39 bits per heavy atom. The van der Waals surface area contributed by atoms with Crippen molar-refractivity contribution in [2.24, 2.45) is 5.41 Å². The van der Waals surface area contributed by atoms with Gasteiger partial charge >= 0.3 is 0 Å². The van der Waals surface area contributed by atoms with Crippen LogP contribution in [0.15, 0.2) is 18.5 Å². The number of hydrogen-bond donors (Lipinski definition) is 3. The van der Waals surface area contributed by atoms with Crippen LogP contribution in [0.1, 0.15) is 59.8 Å². The lowest BCUT2D eigenvalue weighted by atomic mass is 9.85. The summed E-state index contributed by atoms with van der Waals surface area (Å²) in [6, 6.07) is 1.79. The molecule has 226 valence electrons. The quantitative estimate of drug-likeness (QED) is 0.428. The fourth-order valence-electron chi connectivity index (χ4n) is 5.43. The van der Waals surface area contributed by atoms with Crippen LogP contribution in [0.2, 0.25) is 0 Å². The van der Waals surface area contributed by atoms with Crippen molar-refractivity contribution in [2.45, 2.75) is 77.9 Å². The highest BCUT2D eigenvalue weighted by Crippen LogP contribution is 2.35. The van der Waals surface area contributed by atoms with Gasteiger partial charge in [0.25, 0.3) is 0 Å². The van der Waals surface area contributed by atoms with Crippen LogP contribution >= 0.6 is 12.4 Å². The lowest BCUT2D eigenvalue weighted by Crippen LogP contribution is -2.59. The molecule has 2 saturated heterocycles. The number of methoxy groups -OCH3 is 1. The van der Waals surface area contributed by atoms with Crippen LogP contribution in [0.5, 0.6) is 5.75 Å².